The highest BCUT2D eigenvalue weighted by Gasteiger charge is 2.48. The number of rotatable bonds is 6. The van der Waals surface area contributed by atoms with E-state index < -0.39 is 23.7 Å². The van der Waals surface area contributed by atoms with Gasteiger partial charge in [0.15, 0.2) is 0 Å². The lowest BCUT2D eigenvalue weighted by Gasteiger charge is -2.50. The number of amides is 3. The van der Waals surface area contributed by atoms with Gasteiger partial charge < -0.3 is 15.1 Å². The number of benzene rings is 2. The minimum Gasteiger partial charge on any atom is -0.385 e. The third kappa shape index (κ3) is 5.22. The van der Waals surface area contributed by atoms with E-state index in [-0.39, 0.29) is 42.4 Å². The first-order chi connectivity index (χ1) is 19.4. The number of hydrogen-bond acceptors (Lipinski definition) is 6. The maximum atomic E-state index is 13.6. The second-order valence-electron chi connectivity index (χ2n) is 12.9. The molecule has 2 aromatic rings. The summed E-state index contributed by atoms with van der Waals surface area (Å²) in [6.07, 6.45) is 2.21. The molecule has 3 heterocycles. The predicted molar refractivity (Wildman–Crippen MR) is 150 cm³/mol. The summed E-state index contributed by atoms with van der Waals surface area (Å²) in [5, 5.41) is 24.8. The minimum absolute atomic E-state index is 0.155. The van der Waals surface area contributed by atoms with E-state index in [9.17, 15) is 29.0 Å². The van der Waals surface area contributed by atoms with Gasteiger partial charge in [-0.05, 0) is 71.6 Å². The first-order valence-corrected chi connectivity index (χ1v) is 14.3. The first-order valence-electron chi connectivity index (χ1n) is 14.3. The van der Waals surface area contributed by atoms with E-state index in [1.165, 1.54) is 28.2 Å². The zero-order chi connectivity index (χ0) is 29.1. The number of carbonyl (C=O) groups excluding carboxylic acids is 3. The van der Waals surface area contributed by atoms with Crippen LogP contribution in [0.25, 0.3) is 5.57 Å². The number of nitrogens with zero attached hydrogens (tertiary/aromatic N) is 2. The molecular weight excluding hydrogens is 525 g/mol. The summed E-state index contributed by atoms with van der Waals surface area (Å²) in [4.78, 5) is 40.5. The molecule has 6 rings (SSSR count). The van der Waals surface area contributed by atoms with Crippen molar-refractivity contribution in [2.24, 2.45) is 5.41 Å². The molecule has 8 nitrogen and oxygen atoms in total. The predicted octanol–water partition coefficient (Wildman–Crippen LogP) is 3.33. The maximum absolute atomic E-state index is 13.6. The zero-order valence-electron chi connectivity index (χ0n) is 23.5. The largest absolute Gasteiger partial charge is 0.385 e. The van der Waals surface area contributed by atoms with Crippen molar-refractivity contribution < 1.29 is 29.0 Å². The van der Waals surface area contributed by atoms with Crippen LogP contribution in [0.2, 0.25) is 0 Å². The molecular formula is C32H36FN3O5. The van der Waals surface area contributed by atoms with Crippen LogP contribution in [0.3, 0.4) is 0 Å². The summed E-state index contributed by atoms with van der Waals surface area (Å²) in [5.41, 5.74) is 4.06. The molecule has 1 aliphatic carbocycles. The highest BCUT2D eigenvalue weighted by Crippen LogP contribution is 2.44. The van der Waals surface area contributed by atoms with Crippen molar-refractivity contribution in [3.63, 3.8) is 0 Å². The van der Waals surface area contributed by atoms with Gasteiger partial charge in [-0.3, -0.25) is 24.6 Å². The van der Waals surface area contributed by atoms with Crippen LogP contribution in [0.15, 0.2) is 48.0 Å². The fourth-order valence-corrected chi connectivity index (χ4v) is 6.82. The monoisotopic (exact) mass is 561 g/mol. The molecule has 4 aliphatic rings. The Bertz CT molecular complexity index is 1440. The molecule has 9 heteroatoms. The normalized spacial score (nSPS) is 24.7. The van der Waals surface area contributed by atoms with Gasteiger partial charge in [0.2, 0.25) is 11.8 Å². The number of piperidine rings is 1. The zero-order valence-corrected chi connectivity index (χ0v) is 23.5. The SMILES string of the molecule is CC1(C)CCC(CN2CC(O)(C(O)c3ccc4c(c3)CN(C3CCC(=O)NC3=O)C4=O)C2)=C(c2ccc(F)cc2)C1. The molecule has 2 unspecified atom stereocenters. The number of β-amino-alcohol motifs (C(OH)–C–C–N with tert-alkyl or cyclic N) is 1. The number of aliphatic hydroxyl groups is 2. The van der Waals surface area contributed by atoms with Crippen LogP contribution in [0.5, 0.6) is 0 Å². The second kappa shape index (κ2) is 10.2. The molecule has 2 fully saturated rings. The summed E-state index contributed by atoms with van der Waals surface area (Å²) in [6, 6.07) is 11.0. The Morgan fingerprint density at radius 2 is 1.80 bits per heavy atom. The number of nitrogens with one attached hydrogen (secondary N) is 1. The van der Waals surface area contributed by atoms with Gasteiger partial charge in [0, 0.05) is 38.2 Å². The molecule has 216 valence electrons. The molecule has 0 saturated carbocycles. The van der Waals surface area contributed by atoms with Gasteiger partial charge in [-0.25, -0.2) is 4.39 Å². The molecule has 0 spiro atoms. The lowest BCUT2D eigenvalue weighted by Crippen LogP contribution is -2.64. The number of fused-ring (bicyclic) bond motifs is 1. The summed E-state index contributed by atoms with van der Waals surface area (Å²) >= 11 is 0. The molecule has 3 aliphatic heterocycles. The molecule has 0 bridgehead atoms. The lowest BCUT2D eigenvalue weighted by molar-refractivity contribution is -0.165. The molecule has 2 aromatic carbocycles. The Balaban J connectivity index is 1.14. The van der Waals surface area contributed by atoms with E-state index in [1.54, 1.807) is 18.2 Å². The van der Waals surface area contributed by atoms with Gasteiger partial charge in [0.1, 0.15) is 23.6 Å². The average molecular weight is 562 g/mol. The number of hydrogen-bond donors (Lipinski definition) is 3. The van der Waals surface area contributed by atoms with Crippen LogP contribution in [-0.4, -0.2) is 69.0 Å². The summed E-state index contributed by atoms with van der Waals surface area (Å²) in [6.45, 7) is 5.99. The van der Waals surface area contributed by atoms with Crippen LogP contribution >= 0.6 is 0 Å². The van der Waals surface area contributed by atoms with E-state index in [0.29, 0.717) is 36.3 Å². The molecule has 41 heavy (non-hydrogen) atoms. The topological polar surface area (TPSA) is 110 Å². The minimum atomic E-state index is -1.33. The molecule has 3 amide bonds. The average Bonchev–Trinajstić information content (AvgIpc) is 3.23. The lowest BCUT2D eigenvalue weighted by atomic mass is 9.72. The summed E-state index contributed by atoms with van der Waals surface area (Å²) in [5.74, 6) is -1.33. The molecule has 2 saturated heterocycles. The van der Waals surface area contributed by atoms with Crippen molar-refractivity contribution in [1.29, 1.82) is 0 Å². The summed E-state index contributed by atoms with van der Waals surface area (Å²) < 4.78 is 13.6. The van der Waals surface area contributed by atoms with Crippen molar-refractivity contribution in [1.82, 2.24) is 15.1 Å². The molecule has 0 radical (unpaired) electrons. The highest BCUT2D eigenvalue weighted by molar-refractivity contribution is 6.05. The standard InChI is InChI=1S/C32H36FN3O5/c1-31(2)12-11-21(25(14-31)19-3-6-23(33)7-4-19)15-35-17-32(41,18-35)28(38)20-5-8-24-22(13-20)16-36(30(24)40)26-9-10-27(37)34-29(26)39/h3-8,13,26,28,38,41H,9-12,14-18H2,1-2H3,(H,34,37,39). The van der Waals surface area contributed by atoms with Crippen LogP contribution in [-0.2, 0) is 16.1 Å². The van der Waals surface area contributed by atoms with Crippen molar-refractivity contribution >= 4 is 23.3 Å². The third-order valence-corrected chi connectivity index (χ3v) is 9.16. The Kier molecular flexibility index (Phi) is 6.87. The van der Waals surface area contributed by atoms with Gasteiger partial charge in [0.05, 0.1) is 0 Å². The Morgan fingerprint density at radius 3 is 2.51 bits per heavy atom. The number of likely N-dealkylation sites (tertiary alicyclic amines) is 1. The maximum Gasteiger partial charge on any atom is 0.255 e. The van der Waals surface area contributed by atoms with Gasteiger partial charge in [0.25, 0.3) is 5.91 Å². The fraction of sp³-hybridized carbons (Fsp3) is 0.469. The Labute approximate surface area is 238 Å². The summed E-state index contributed by atoms with van der Waals surface area (Å²) in [7, 11) is 0. The smallest absolute Gasteiger partial charge is 0.255 e. The van der Waals surface area contributed by atoms with Crippen molar-refractivity contribution in [3.05, 3.63) is 76.1 Å². The molecule has 3 N–H and O–H groups in total. The number of imide groups is 1. The van der Waals surface area contributed by atoms with Crippen LogP contribution in [0.4, 0.5) is 4.39 Å². The number of carbonyl (C=O) groups is 3. The van der Waals surface area contributed by atoms with Gasteiger partial charge >= 0.3 is 0 Å². The van der Waals surface area contributed by atoms with Crippen LogP contribution < -0.4 is 5.32 Å². The van der Waals surface area contributed by atoms with Crippen LogP contribution in [0, 0.1) is 11.2 Å². The van der Waals surface area contributed by atoms with Gasteiger partial charge in [-0.1, -0.05) is 43.7 Å². The van der Waals surface area contributed by atoms with Gasteiger partial charge in [-0.15, -0.1) is 0 Å². The highest BCUT2D eigenvalue weighted by atomic mass is 19.1. The van der Waals surface area contributed by atoms with E-state index >= 15 is 0 Å². The van der Waals surface area contributed by atoms with E-state index in [2.05, 4.69) is 24.1 Å². The number of allylic oxidation sites excluding steroid dienone is 1. The van der Waals surface area contributed by atoms with E-state index in [4.69, 9.17) is 0 Å². The van der Waals surface area contributed by atoms with E-state index in [0.717, 1.165) is 24.8 Å². The van der Waals surface area contributed by atoms with E-state index in [1.807, 2.05) is 12.1 Å². The third-order valence-electron chi connectivity index (χ3n) is 9.16. The van der Waals surface area contributed by atoms with Crippen LogP contribution in [0.1, 0.15) is 79.1 Å². The second-order valence-corrected chi connectivity index (χ2v) is 12.9. The quantitative estimate of drug-likeness (QED) is 0.467. The van der Waals surface area contributed by atoms with Crippen molar-refractivity contribution in [2.45, 2.75) is 70.2 Å². The molecule has 0 aromatic heterocycles. The fourth-order valence-electron chi connectivity index (χ4n) is 6.82. The molecule has 2 atom stereocenters. The first kappa shape index (κ1) is 27.8. The van der Waals surface area contributed by atoms with Gasteiger partial charge in [-0.2, -0.15) is 0 Å². The van der Waals surface area contributed by atoms with Crippen molar-refractivity contribution in [2.75, 3.05) is 19.6 Å². The Hall–Kier alpha value is -3.40. The van der Waals surface area contributed by atoms with Crippen molar-refractivity contribution in [3.8, 4) is 0 Å². The number of aliphatic hydroxyl groups excluding tert-OH is 1. The number of halogens is 1. The Morgan fingerprint density at radius 1 is 1.07 bits per heavy atom.